The van der Waals surface area contributed by atoms with Crippen LogP contribution in [0.4, 0.5) is 0 Å². The number of allylic oxidation sites excluding steroid dienone is 1. The van der Waals surface area contributed by atoms with E-state index in [2.05, 4.69) is 13.8 Å². The Bertz CT molecular complexity index is 710. The highest BCUT2D eigenvalue weighted by Crippen LogP contribution is 2.64. The molecule has 1 aliphatic heterocycles. The number of rotatable bonds is 7. The summed E-state index contributed by atoms with van der Waals surface area (Å²) < 4.78 is 12.1. The van der Waals surface area contributed by atoms with Gasteiger partial charge in [0.15, 0.2) is 5.79 Å². The van der Waals surface area contributed by atoms with Crippen LogP contribution in [-0.2, 0) is 9.47 Å². The van der Waals surface area contributed by atoms with Gasteiger partial charge in [-0.25, -0.2) is 0 Å². The second-order valence-corrected chi connectivity index (χ2v) is 12.1. The highest BCUT2D eigenvalue weighted by Gasteiger charge is 2.60. The lowest BCUT2D eigenvalue weighted by molar-refractivity contribution is -0.208. The van der Waals surface area contributed by atoms with Crippen molar-refractivity contribution in [2.45, 2.75) is 128 Å². The molecule has 1 saturated heterocycles. The van der Waals surface area contributed by atoms with E-state index in [1.165, 1.54) is 50.5 Å². The van der Waals surface area contributed by atoms with Crippen molar-refractivity contribution >= 4 is 0 Å². The number of aliphatic hydroxyl groups excluding tert-OH is 1. The van der Waals surface area contributed by atoms with Crippen molar-refractivity contribution in [2.24, 2.45) is 23.2 Å². The number of hydrogen-bond donors (Lipinski definition) is 2. The second-order valence-electron chi connectivity index (χ2n) is 12.1. The summed E-state index contributed by atoms with van der Waals surface area (Å²) in [6.07, 6.45) is 16.6. The lowest BCUT2D eigenvalue weighted by Crippen LogP contribution is -2.54. The molecule has 2 N–H and O–H groups in total. The van der Waals surface area contributed by atoms with Gasteiger partial charge in [-0.05, 0) is 73.7 Å². The normalized spacial score (nSPS) is 42.8. The molecule has 6 atom stereocenters. The maximum Gasteiger partial charge on any atom is 0.171 e. The molecule has 4 fully saturated rings. The molecule has 182 valence electrons. The first-order chi connectivity index (χ1) is 15.4. The van der Waals surface area contributed by atoms with Crippen molar-refractivity contribution in [1.82, 2.24) is 0 Å². The van der Waals surface area contributed by atoms with Crippen LogP contribution < -0.4 is 0 Å². The molecule has 0 amide bonds. The van der Waals surface area contributed by atoms with Gasteiger partial charge in [-0.2, -0.15) is 0 Å². The van der Waals surface area contributed by atoms with Gasteiger partial charge in [0.05, 0.1) is 24.9 Å². The molecule has 0 radical (unpaired) electrons. The third kappa shape index (κ3) is 3.91. The third-order valence-corrected chi connectivity index (χ3v) is 10.2. The monoisotopic (exact) mass is 446 g/mol. The van der Waals surface area contributed by atoms with Gasteiger partial charge in [-0.15, -0.1) is 0 Å². The predicted octanol–water partition coefficient (Wildman–Crippen LogP) is 5.90. The molecule has 5 rings (SSSR count). The Labute approximate surface area is 195 Å². The van der Waals surface area contributed by atoms with Crippen molar-refractivity contribution in [3.05, 3.63) is 11.1 Å². The summed E-state index contributed by atoms with van der Waals surface area (Å²) in [6, 6.07) is 0. The summed E-state index contributed by atoms with van der Waals surface area (Å²) in [5.41, 5.74) is 2.29. The maximum absolute atomic E-state index is 11.9. The van der Waals surface area contributed by atoms with Crippen LogP contribution in [0.25, 0.3) is 0 Å². The van der Waals surface area contributed by atoms with E-state index in [9.17, 15) is 10.2 Å². The number of aliphatic hydroxyl groups is 2. The molecule has 3 saturated carbocycles. The van der Waals surface area contributed by atoms with Crippen molar-refractivity contribution < 1.29 is 19.7 Å². The first-order valence-electron chi connectivity index (χ1n) is 13.8. The SMILES string of the molecule is CCCCCCCC[C@H]1C[C@]2(C)[C@@H](O)CC[C@H]2[C@@H]2CC[C@@]3(O)CC4(CCC3=C12)OCCO4. The third-order valence-electron chi connectivity index (χ3n) is 10.2. The summed E-state index contributed by atoms with van der Waals surface area (Å²) in [4.78, 5) is 0. The van der Waals surface area contributed by atoms with Gasteiger partial charge in [0.25, 0.3) is 0 Å². The molecule has 0 unspecified atom stereocenters. The highest BCUT2D eigenvalue weighted by molar-refractivity contribution is 5.37. The van der Waals surface area contributed by atoms with Crippen LogP contribution in [0.15, 0.2) is 11.1 Å². The fraction of sp³-hybridized carbons (Fsp3) is 0.929. The fourth-order valence-corrected chi connectivity index (χ4v) is 8.59. The second kappa shape index (κ2) is 8.98. The molecule has 4 nitrogen and oxygen atoms in total. The van der Waals surface area contributed by atoms with Crippen LogP contribution in [0, 0.1) is 23.2 Å². The van der Waals surface area contributed by atoms with E-state index in [4.69, 9.17) is 9.47 Å². The minimum Gasteiger partial charge on any atom is -0.393 e. The van der Waals surface area contributed by atoms with Crippen LogP contribution in [0.5, 0.6) is 0 Å². The number of ether oxygens (including phenoxy) is 2. The molecule has 0 bridgehead atoms. The number of unbranched alkanes of at least 4 members (excludes halogenated alkanes) is 5. The van der Waals surface area contributed by atoms with Gasteiger partial charge in [0, 0.05) is 12.8 Å². The van der Waals surface area contributed by atoms with Crippen LogP contribution in [-0.4, -0.2) is 40.9 Å². The molecule has 1 heterocycles. The van der Waals surface area contributed by atoms with Gasteiger partial charge >= 0.3 is 0 Å². The van der Waals surface area contributed by atoms with Gasteiger partial charge in [-0.1, -0.05) is 57.9 Å². The zero-order valence-corrected chi connectivity index (χ0v) is 20.5. The molecule has 0 aromatic heterocycles. The molecule has 32 heavy (non-hydrogen) atoms. The summed E-state index contributed by atoms with van der Waals surface area (Å²) >= 11 is 0. The smallest absolute Gasteiger partial charge is 0.171 e. The summed E-state index contributed by atoms with van der Waals surface area (Å²) in [5, 5.41) is 22.9. The highest BCUT2D eigenvalue weighted by atomic mass is 16.7. The molecule has 0 aromatic rings. The Morgan fingerprint density at radius 3 is 2.50 bits per heavy atom. The average Bonchev–Trinajstić information content (AvgIpc) is 3.33. The minimum absolute atomic E-state index is 0.0601. The first-order valence-corrected chi connectivity index (χ1v) is 13.8. The van der Waals surface area contributed by atoms with Crippen LogP contribution in [0.2, 0.25) is 0 Å². The molecule has 1 spiro atoms. The van der Waals surface area contributed by atoms with Crippen molar-refractivity contribution in [2.75, 3.05) is 13.2 Å². The van der Waals surface area contributed by atoms with E-state index in [1.54, 1.807) is 5.57 Å². The Kier molecular flexibility index (Phi) is 6.55. The topological polar surface area (TPSA) is 58.9 Å². The van der Waals surface area contributed by atoms with Gasteiger partial charge < -0.3 is 19.7 Å². The van der Waals surface area contributed by atoms with E-state index in [0.717, 1.165) is 44.9 Å². The van der Waals surface area contributed by atoms with E-state index in [-0.39, 0.29) is 11.5 Å². The molecular formula is C28H46O4. The van der Waals surface area contributed by atoms with E-state index in [0.29, 0.717) is 37.4 Å². The van der Waals surface area contributed by atoms with Gasteiger partial charge in [-0.3, -0.25) is 0 Å². The van der Waals surface area contributed by atoms with Crippen LogP contribution >= 0.6 is 0 Å². The zero-order valence-electron chi connectivity index (χ0n) is 20.5. The molecule has 5 aliphatic rings. The first kappa shape index (κ1) is 23.3. The fourth-order valence-electron chi connectivity index (χ4n) is 8.59. The largest absolute Gasteiger partial charge is 0.393 e. The van der Waals surface area contributed by atoms with Gasteiger partial charge in [0.1, 0.15) is 0 Å². The average molecular weight is 447 g/mol. The maximum atomic E-state index is 11.9. The van der Waals surface area contributed by atoms with Crippen molar-refractivity contribution in [3.63, 3.8) is 0 Å². The quantitative estimate of drug-likeness (QED) is 0.378. The lowest BCUT2D eigenvalue weighted by Gasteiger charge is -2.56. The number of hydrogen-bond acceptors (Lipinski definition) is 4. The van der Waals surface area contributed by atoms with Crippen LogP contribution in [0.3, 0.4) is 0 Å². The van der Waals surface area contributed by atoms with Crippen molar-refractivity contribution in [3.8, 4) is 0 Å². The summed E-state index contributed by atoms with van der Waals surface area (Å²) in [5.74, 6) is 1.13. The predicted molar refractivity (Wildman–Crippen MR) is 126 cm³/mol. The Morgan fingerprint density at radius 1 is 0.969 bits per heavy atom. The van der Waals surface area contributed by atoms with Crippen molar-refractivity contribution in [1.29, 1.82) is 0 Å². The Balaban J connectivity index is 1.40. The van der Waals surface area contributed by atoms with Crippen LogP contribution in [0.1, 0.15) is 110 Å². The lowest BCUT2D eigenvalue weighted by atomic mass is 9.51. The molecular weight excluding hydrogens is 400 g/mol. The van der Waals surface area contributed by atoms with E-state index >= 15 is 0 Å². The molecule has 4 heteroatoms. The molecule has 0 aromatic carbocycles. The zero-order chi connectivity index (χ0) is 22.4. The molecule has 4 aliphatic carbocycles. The van der Waals surface area contributed by atoms with E-state index in [1.807, 2.05) is 0 Å². The number of fused-ring (bicyclic) bond motifs is 4. The Hall–Kier alpha value is -0.420. The van der Waals surface area contributed by atoms with E-state index < -0.39 is 11.4 Å². The minimum atomic E-state index is -0.751. The van der Waals surface area contributed by atoms with Gasteiger partial charge in [0.2, 0.25) is 0 Å². The summed E-state index contributed by atoms with van der Waals surface area (Å²) in [7, 11) is 0. The summed E-state index contributed by atoms with van der Waals surface area (Å²) in [6.45, 7) is 5.97. The standard InChI is InChI=1S/C28H46O4/c1-3-4-5-6-7-8-9-20-18-26(2)22(10-11-24(26)29)21-12-14-27(30)19-28(31-16-17-32-28)15-13-23(27)25(20)21/h20-22,24,29-30H,3-19H2,1-2H3/t20-,21-,22-,24-,26-,27+/m0/s1. The Morgan fingerprint density at radius 2 is 1.72 bits per heavy atom.